The lowest BCUT2D eigenvalue weighted by molar-refractivity contribution is 0.277. The van der Waals surface area contributed by atoms with Gasteiger partial charge in [-0.15, -0.1) is 0 Å². The maximum atomic E-state index is 10.1. The molecule has 0 bridgehead atoms. The first-order valence-corrected chi connectivity index (χ1v) is 7.59. The number of phenolic OH excluding ortho intramolecular Hbond substituents is 2. The minimum Gasteiger partial charge on any atom is -0.507 e. The Kier molecular flexibility index (Phi) is 5.84. The molecule has 0 atom stereocenters. The summed E-state index contributed by atoms with van der Waals surface area (Å²) in [5.74, 6) is -0.230. The van der Waals surface area contributed by atoms with Crippen LogP contribution in [0.1, 0.15) is 5.69 Å². The standard InChI is InChI=1S/C16H13ClN2O2.C2H6O/c1-9-15(10-5-3-2-4-6-10)16(19-18-9)11-7-12(17)14(21)8-13(11)20;1-3-2/h2-8,20-21H,1H3,(H,18,19);1-2H3. The van der Waals surface area contributed by atoms with Crippen molar-refractivity contribution in [1.82, 2.24) is 10.2 Å². The third kappa shape index (κ3) is 3.69. The van der Waals surface area contributed by atoms with Crippen molar-refractivity contribution in [3.8, 4) is 33.9 Å². The molecule has 0 aliphatic carbocycles. The molecule has 0 aliphatic rings. The zero-order valence-corrected chi connectivity index (χ0v) is 14.4. The normalized spacial score (nSPS) is 10.2. The summed E-state index contributed by atoms with van der Waals surface area (Å²) in [6.45, 7) is 1.91. The van der Waals surface area contributed by atoms with Crippen molar-refractivity contribution >= 4 is 11.6 Å². The summed E-state index contributed by atoms with van der Waals surface area (Å²) in [4.78, 5) is 0. The van der Waals surface area contributed by atoms with Crippen LogP contribution in [-0.2, 0) is 4.74 Å². The number of nitrogens with zero attached hydrogens (tertiary/aromatic N) is 1. The Bertz CT molecular complexity index is 817. The molecule has 126 valence electrons. The van der Waals surface area contributed by atoms with Gasteiger partial charge in [-0.05, 0) is 18.6 Å². The molecule has 0 spiro atoms. The fourth-order valence-corrected chi connectivity index (χ4v) is 2.49. The Morgan fingerprint density at radius 3 is 2.29 bits per heavy atom. The lowest BCUT2D eigenvalue weighted by Gasteiger charge is -2.08. The van der Waals surface area contributed by atoms with E-state index in [4.69, 9.17) is 11.6 Å². The zero-order chi connectivity index (χ0) is 17.7. The molecule has 24 heavy (non-hydrogen) atoms. The van der Waals surface area contributed by atoms with Crippen molar-refractivity contribution in [1.29, 1.82) is 0 Å². The Hall–Kier alpha value is -2.50. The number of aromatic hydroxyl groups is 2. The molecular formula is C18H19ClN2O3. The van der Waals surface area contributed by atoms with Gasteiger partial charge in [-0.1, -0.05) is 41.9 Å². The summed E-state index contributed by atoms with van der Waals surface area (Å²) in [6.07, 6.45) is 0. The van der Waals surface area contributed by atoms with Gasteiger partial charge in [0, 0.05) is 37.1 Å². The number of benzene rings is 2. The number of methoxy groups -OCH3 is 1. The molecule has 3 aromatic rings. The number of phenols is 2. The van der Waals surface area contributed by atoms with E-state index >= 15 is 0 Å². The summed E-state index contributed by atoms with van der Waals surface area (Å²) in [5, 5.41) is 27.0. The maximum absolute atomic E-state index is 10.1. The Labute approximate surface area is 145 Å². The number of rotatable bonds is 2. The van der Waals surface area contributed by atoms with Gasteiger partial charge in [-0.25, -0.2) is 0 Å². The quantitative estimate of drug-likeness (QED) is 0.643. The van der Waals surface area contributed by atoms with E-state index < -0.39 is 0 Å². The van der Waals surface area contributed by atoms with E-state index in [0.29, 0.717) is 11.3 Å². The largest absolute Gasteiger partial charge is 0.507 e. The Balaban J connectivity index is 0.000000647. The lowest BCUT2D eigenvalue weighted by Crippen LogP contribution is -1.85. The molecule has 2 aromatic carbocycles. The van der Waals surface area contributed by atoms with Crippen molar-refractivity contribution in [3.63, 3.8) is 0 Å². The fraction of sp³-hybridized carbons (Fsp3) is 0.167. The molecule has 0 unspecified atom stereocenters. The highest BCUT2D eigenvalue weighted by Gasteiger charge is 2.18. The topological polar surface area (TPSA) is 78.4 Å². The number of hydrogen-bond acceptors (Lipinski definition) is 4. The van der Waals surface area contributed by atoms with E-state index in [1.165, 1.54) is 12.1 Å². The van der Waals surface area contributed by atoms with E-state index in [-0.39, 0.29) is 16.5 Å². The van der Waals surface area contributed by atoms with E-state index in [1.54, 1.807) is 14.2 Å². The van der Waals surface area contributed by atoms with Crippen molar-refractivity contribution in [2.24, 2.45) is 0 Å². The molecular weight excluding hydrogens is 328 g/mol. The summed E-state index contributed by atoms with van der Waals surface area (Å²) in [7, 11) is 3.25. The van der Waals surface area contributed by atoms with Crippen LogP contribution < -0.4 is 0 Å². The van der Waals surface area contributed by atoms with E-state index in [1.807, 2.05) is 37.3 Å². The van der Waals surface area contributed by atoms with Crippen LogP contribution in [0.5, 0.6) is 11.5 Å². The average Bonchev–Trinajstić information content (AvgIpc) is 2.94. The predicted molar refractivity (Wildman–Crippen MR) is 95.5 cm³/mol. The summed E-state index contributed by atoms with van der Waals surface area (Å²) >= 11 is 5.94. The number of aryl methyl sites for hydroxylation is 1. The van der Waals surface area contributed by atoms with Gasteiger partial charge in [0.15, 0.2) is 0 Å². The number of aromatic nitrogens is 2. The molecule has 5 nitrogen and oxygen atoms in total. The van der Waals surface area contributed by atoms with E-state index in [9.17, 15) is 10.2 Å². The highest BCUT2D eigenvalue weighted by Crippen LogP contribution is 2.41. The molecule has 3 rings (SSSR count). The molecule has 0 aliphatic heterocycles. The highest BCUT2D eigenvalue weighted by atomic mass is 35.5. The predicted octanol–water partition coefficient (Wildman–Crippen LogP) is 4.38. The minimum absolute atomic E-state index is 0.0689. The van der Waals surface area contributed by atoms with Crippen LogP contribution in [0.4, 0.5) is 0 Å². The van der Waals surface area contributed by atoms with Gasteiger partial charge in [0.2, 0.25) is 0 Å². The second-order valence-corrected chi connectivity index (χ2v) is 5.57. The van der Waals surface area contributed by atoms with Gasteiger partial charge in [-0.2, -0.15) is 5.10 Å². The number of aromatic amines is 1. The minimum atomic E-state index is -0.161. The number of ether oxygens (including phenoxy) is 1. The maximum Gasteiger partial charge on any atom is 0.137 e. The van der Waals surface area contributed by atoms with Crippen LogP contribution in [0.2, 0.25) is 5.02 Å². The molecule has 1 heterocycles. The molecule has 0 amide bonds. The van der Waals surface area contributed by atoms with Crippen LogP contribution >= 0.6 is 11.6 Å². The first-order valence-electron chi connectivity index (χ1n) is 7.22. The van der Waals surface area contributed by atoms with Gasteiger partial charge in [0.1, 0.15) is 17.2 Å². The Morgan fingerprint density at radius 2 is 1.67 bits per heavy atom. The first-order chi connectivity index (χ1) is 11.5. The second-order valence-electron chi connectivity index (χ2n) is 5.17. The molecule has 0 saturated heterocycles. The van der Waals surface area contributed by atoms with Crippen LogP contribution in [0, 0.1) is 6.92 Å². The van der Waals surface area contributed by atoms with Crippen LogP contribution in [-0.4, -0.2) is 34.6 Å². The number of nitrogens with one attached hydrogen (secondary N) is 1. The second kappa shape index (κ2) is 7.86. The summed E-state index contributed by atoms with van der Waals surface area (Å²) in [6, 6.07) is 12.5. The number of hydrogen-bond donors (Lipinski definition) is 3. The van der Waals surface area contributed by atoms with E-state index in [2.05, 4.69) is 14.9 Å². The molecule has 3 N–H and O–H groups in total. The van der Waals surface area contributed by atoms with Crippen molar-refractivity contribution in [2.45, 2.75) is 6.92 Å². The highest BCUT2D eigenvalue weighted by molar-refractivity contribution is 6.32. The molecule has 0 saturated carbocycles. The van der Waals surface area contributed by atoms with Crippen LogP contribution in [0.25, 0.3) is 22.4 Å². The third-order valence-electron chi connectivity index (χ3n) is 3.33. The lowest BCUT2D eigenvalue weighted by atomic mass is 9.99. The molecule has 0 radical (unpaired) electrons. The molecule has 1 aromatic heterocycles. The molecule has 6 heteroatoms. The van der Waals surface area contributed by atoms with E-state index in [0.717, 1.165) is 16.8 Å². The van der Waals surface area contributed by atoms with Gasteiger partial charge >= 0.3 is 0 Å². The van der Waals surface area contributed by atoms with Gasteiger partial charge in [0.05, 0.1) is 5.02 Å². The molecule has 0 fully saturated rings. The van der Waals surface area contributed by atoms with Crippen molar-refractivity contribution in [2.75, 3.05) is 14.2 Å². The monoisotopic (exact) mass is 346 g/mol. The first kappa shape index (κ1) is 17.8. The van der Waals surface area contributed by atoms with Crippen LogP contribution in [0.3, 0.4) is 0 Å². The number of H-pyrrole nitrogens is 1. The van der Waals surface area contributed by atoms with Gasteiger partial charge in [-0.3, -0.25) is 5.10 Å². The SMILES string of the molecule is COC.Cc1[nH]nc(-c2cc(Cl)c(O)cc2O)c1-c1ccccc1. The number of halogens is 1. The smallest absolute Gasteiger partial charge is 0.137 e. The Morgan fingerprint density at radius 1 is 1.04 bits per heavy atom. The fourth-order valence-electron chi connectivity index (χ4n) is 2.32. The van der Waals surface area contributed by atoms with Crippen molar-refractivity contribution in [3.05, 3.63) is 53.2 Å². The summed E-state index contributed by atoms with van der Waals surface area (Å²) < 4.78 is 4.25. The summed E-state index contributed by atoms with van der Waals surface area (Å²) in [5.41, 5.74) is 3.84. The van der Waals surface area contributed by atoms with Crippen molar-refractivity contribution < 1.29 is 14.9 Å². The van der Waals surface area contributed by atoms with Gasteiger partial charge < -0.3 is 14.9 Å². The third-order valence-corrected chi connectivity index (χ3v) is 3.63. The average molecular weight is 347 g/mol. The zero-order valence-electron chi connectivity index (χ0n) is 13.7. The van der Waals surface area contributed by atoms with Crippen LogP contribution in [0.15, 0.2) is 42.5 Å². The van der Waals surface area contributed by atoms with Gasteiger partial charge in [0.25, 0.3) is 0 Å².